The van der Waals surface area contributed by atoms with Crippen LogP contribution >= 0.6 is 15.9 Å². The lowest BCUT2D eigenvalue weighted by Gasteiger charge is -2.37. The minimum Gasteiger partial charge on any atom is -0.444 e. The lowest BCUT2D eigenvalue weighted by molar-refractivity contribution is 0.0240. The molecule has 1 aromatic carbocycles. The van der Waals surface area contributed by atoms with Gasteiger partial charge in [0, 0.05) is 41.9 Å². The van der Waals surface area contributed by atoms with Crippen LogP contribution in [0, 0.1) is 0 Å². The molecule has 1 heterocycles. The number of ether oxygens (including phenoxy) is 1. The number of nitrogens with zero attached hydrogens (tertiary/aromatic N) is 2. The molecule has 1 aliphatic rings. The van der Waals surface area contributed by atoms with E-state index in [1.165, 1.54) is 0 Å². The van der Waals surface area contributed by atoms with Crippen LogP contribution in [-0.2, 0) is 4.74 Å². The molecule has 0 saturated carbocycles. The molecule has 0 atom stereocenters. The van der Waals surface area contributed by atoms with Crippen molar-refractivity contribution in [3.63, 3.8) is 0 Å². The molecule has 5 nitrogen and oxygen atoms in total. The largest absolute Gasteiger partial charge is 0.444 e. The predicted molar refractivity (Wildman–Crippen MR) is 89.5 cm³/mol. The van der Waals surface area contributed by atoms with Crippen LogP contribution in [0.15, 0.2) is 22.7 Å². The van der Waals surface area contributed by atoms with Crippen LogP contribution in [0.2, 0.25) is 0 Å². The Morgan fingerprint density at radius 2 is 1.86 bits per heavy atom. The molecule has 1 saturated heterocycles. The van der Waals surface area contributed by atoms with Gasteiger partial charge in [-0.3, -0.25) is 4.79 Å². The van der Waals surface area contributed by atoms with E-state index in [-0.39, 0.29) is 6.09 Å². The van der Waals surface area contributed by atoms with Crippen LogP contribution in [0.25, 0.3) is 0 Å². The van der Waals surface area contributed by atoms with Crippen molar-refractivity contribution < 1.29 is 14.3 Å². The number of hydrogen-bond acceptors (Lipinski definition) is 4. The molecule has 0 bridgehead atoms. The van der Waals surface area contributed by atoms with Gasteiger partial charge in [-0.25, -0.2) is 4.79 Å². The first-order chi connectivity index (χ1) is 10.3. The molecule has 1 aliphatic heterocycles. The first kappa shape index (κ1) is 16.8. The van der Waals surface area contributed by atoms with Gasteiger partial charge in [-0.05, 0) is 39.0 Å². The SMILES string of the molecule is CC(C)(C)OC(=O)N1CCN(c2ccc(Br)cc2C=O)CC1. The molecule has 6 heteroatoms. The summed E-state index contributed by atoms with van der Waals surface area (Å²) in [4.78, 5) is 27.1. The summed E-state index contributed by atoms with van der Waals surface area (Å²) >= 11 is 3.37. The number of carbonyl (C=O) groups is 2. The quantitative estimate of drug-likeness (QED) is 0.751. The molecule has 1 amide bonds. The average molecular weight is 369 g/mol. The summed E-state index contributed by atoms with van der Waals surface area (Å²) in [5.74, 6) is 0. The number of aldehydes is 1. The summed E-state index contributed by atoms with van der Waals surface area (Å²) < 4.78 is 6.27. The van der Waals surface area contributed by atoms with Gasteiger partial charge < -0.3 is 14.5 Å². The molecule has 2 rings (SSSR count). The molecular formula is C16H21BrN2O3. The van der Waals surface area contributed by atoms with Gasteiger partial charge in [0.25, 0.3) is 0 Å². The summed E-state index contributed by atoms with van der Waals surface area (Å²) in [5, 5.41) is 0. The molecule has 120 valence electrons. The number of piperazine rings is 1. The molecule has 0 aromatic heterocycles. The van der Waals surface area contributed by atoms with E-state index in [0.29, 0.717) is 31.7 Å². The molecule has 0 aliphatic carbocycles. The van der Waals surface area contributed by atoms with Crippen LogP contribution in [0.1, 0.15) is 31.1 Å². The molecule has 0 spiro atoms. The van der Waals surface area contributed by atoms with Crippen molar-refractivity contribution in [3.05, 3.63) is 28.2 Å². The summed E-state index contributed by atoms with van der Waals surface area (Å²) in [6.45, 7) is 8.12. The van der Waals surface area contributed by atoms with Gasteiger partial charge in [0.1, 0.15) is 5.60 Å². The fraction of sp³-hybridized carbons (Fsp3) is 0.500. The molecular weight excluding hydrogens is 348 g/mol. The molecule has 0 unspecified atom stereocenters. The van der Waals surface area contributed by atoms with Crippen LogP contribution in [0.4, 0.5) is 10.5 Å². The number of anilines is 1. The van der Waals surface area contributed by atoms with E-state index in [9.17, 15) is 9.59 Å². The van der Waals surface area contributed by atoms with Crippen molar-refractivity contribution in [2.45, 2.75) is 26.4 Å². The molecule has 1 fully saturated rings. The van der Waals surface area contributed by atoms with Crippen molar-refractivity contribution in [1.82, 2.24) is 4.90 Å². The third-order valence-corrected chi connectivity index (χ3v) is 3.88. The Bertz CT molecular complexity index is 561. The van der Waals surface area contributed by atoms with E-state index in [1.807, 2.05) is 39.0 Å². The highest BCUT2D eigenvalue weighted by Gasteiger charge is 2.26. The van der Waals surface area contributed by atoms with Gasteiger partial charge in [0.2, 0.25) is 0 Å². The van der Waals surface area contributed by atoms with E-state index in [2.05, 4.69) is 20.8 Å². The Kier molecular flexibility index (Phi) is 5.11. The monoisotopic (exact) mass is 368 g/mol. The zero-order valence-electron chi connectivity index (χ0n) is 13.1. The third-order valence-electron chi connectivity index (χ3n) is 3.39. The van der Waals surface area contributed by atoms with E-state index >= 15 is 0 Å². The first-order valence-corrected chi connectivity index (χ1v) is 8.07. The number of benzene rings is 1. The Morgan fingerprint density at radius 1 is 1.23 bits per heavy atom. The van der Waals surface area contributed by atoms with Crippen molar-refractivity contribution in [2.75, 3.05) is 31.1 Å². The summed E-state index contributed by atoms with van der Waals surface area (Å²) in [6, 6.07) is 5.65. The molecule has 0 radical (unpaired) electrons. The fourth-order valence-electron chi connectivity index (χ4n) is 2.36. The zero-order valence-corrected chi connectivity index (χ0v) is 14.7. The maximum Gasteiger partial charge on any atom is 0.410 e. The summed E-state index contributed by atoms with van der Waals surface area (Å²) in [7, 11) is 0. The van der Waals surface area contributed by atoms with Gasteiger partial charge in [-0.15, -0.1) is 0 Å². The van der Waals surface area contributed by atoms with Crippen molar-refractivity contribution in [3.8, 4) is 0 Å². The van der Waals surface area contributed by atoms with Gasteiger partial charge in [-0.2, -0.15) is 0 Å². The van der Waals surface area contributed by atoms with Crippen LogP contribution in [0.3, 0.4) is 0 Å². The third kappa shape index (κ3) is 4.22. The van der Waals surface area contributed by atoms with E-state index < -0.39 is 5.60 Å². The summed E-state index contributed by atoms with van der Waals surface area (Å²) in [5.41, 5.74) is 1.08. The second-order valence-corrected chi connectivity index (χ2v) is 7.19. The first-order valence-electron chi connectivity index (χ1n) is 7.28. The zero-order chi connectivity index (χ0) is 16.3. The van der Waals surface area contributed by atoms with E-state index in [1.54, 1.807) is 4.90 Å². The number of rotatable bonds is 2. The van der Waals surface area contributed by atoms with Crippen molar-refractivity contribution in [2.24, 2.45) is 0 Å². The fourth-order valence-corrected chi connectivity index (χ4v) is 2.74. The number of halogens is 1. The van der Waals surface area contributed by atoms with E-state index in [4.69, 9.17) is 4.74 Å². The number of amides is 1. The lowest BCUT2D eigenvalue weighted by Crippen LogP contribution is -2.50. The maximum atomic E-state index is 12.0. The van der Waals surface area contributed by atoms with Crippen LogP contribution in [-0.4, -0.2) is 49.1 Å². The van der Waals surface area contributed by atoms with Crippen molar-refractivity contribution >= 4 is 34.0 Å². The number of carbonyl (C=O) groups excluding carboxylic acids is 2. The molecule has 0 N–H and O–H groups in total. The highest BCUT2D eigenvalue weighted by molar-refractivity contribution is 9.10. The Balaban J connectivity index is 2.01. The maximum absolute atomic E-state index is 12.0. The molecule has 22 heavy (non-hydrogen) atoms. The standard InChI is InChI=1S/C16H21BrN2O3/c1-16(2,3)22-15(21)19-8-6-18(7-9-19)14-5-4-13(17)10-12(14)11-20/h4-5,10-11H,6-9H2,1-3H3. The smallest absolute Gasteiger partial charge is 0.410 e. The van der Waals surface area contributed by atoms with Crippen LogP contribution < -0.4 is 4.90 Å². The highest BCUT2D eigenvalue weighted by atomic mass is 79.9. The molecule has 1 aromatic rings. The van der Waals surface area contributed by atoms with Crippen LogP contribution in [0.5, 0.6) is 0 Å². The minimum absolute atomic E-state index is 0.279. The number of hydrogen-bond donors (Lipinski definition) is 0. The Labute approximate surface area is 139 Å². The average Bonchev–Trinajstić information content (AvgIpc) is 2.45. The van der Waals surface area contributed by atoms with Crippen molar-refractivity contribution in [1.29, 1.82) is 0 Å². The lowest BCUT2D eigenvalue weighted by atomic mass is 10.1. The van der Waals surface area contributed by atoms with Gasteiger partial charge in [0.15, 0.2) is 6.29 Å². The second-order valence-electron chi connectivity index (χ2n) is 6.28. The predicted octanol–water partition coefficient (Wildman–Crippen LogP) is 3.32. The van der Waals surface area contributed by atoms with Gasteiger partial charge in [0.05, 0.1) is 0 Å². The second kappa shape index (κ2) is 6.69. The van der Waals surface area contributed by atoms with E-state index in [0.717, 1.165) is 16.4 Å². The highest BCUT2D eigenvalue weighted by Crippen LogP contribution is 2.24. The Morgan fingerprint density at radius 3 is 2.41 bits per heavy atom. The normalized spacial score (nSPS) is 15.6. The Hall–Kier alpha value is -1.56. The van der Waals surface area contributed by atoms with Gasteiger partial charge in [-0.1, -0.05) is 15.9 Å². The minimum atomic E-state index is -0.482. The van der Waals surface area contributed by atoms with Gasteiger partial charge >= 0.3 is 6.09 Å². The topological polar surface area (TPSA) is 49.9 Å². The summed E-state index contributed by atoms with van der Waals surface area (Å²) in [6.07, 6.45) is 0.582.